The normalized spacial score (nSPS) is 10.9. The molecule has 0 saturated heterocycles. The van der Waals surface area contributed by atoms with E-state index in [4.69, 9.17) is 4.74 Å². The molecule has 2 rings (SSSR count). The van der Waals surface area contributed by atoms with E-state index in [2.05, 4.69) is 54.6 Å². The molecule has 0 saturated carbocycles. The largest absolute Gasteiger partial charge is 0.673 e. The third-order valence-corrected chi connectivity index (χ3v) is 6.74. The average molecular weight is 472 g/mol. The van der Waals surface area contributed by atoms with Crippen LogP contribution in [0.25, 0.3) is 0 Å². The van der Waals surface area contributed by atoms with Gasteiger partial charge in [0.25, 0.3) is 0 Å². The first kappa shape index (κ1) is 21.3. The van der Waals surface area contributed by atoms with Crippen LogP contribution in [0.15, 0.2) is 59.5 Å². The van der Waals surface area contributed by atoms with Crippen LogP contribution in [0.4, 0.5) is 17.3 Å². The number of benzene rings is 2. The average Bonchev–Trinajstić information content (AvgIpc) is 2.52. The van der Waals surface area contributed by atoms with Gasteiger partial charge in [-0.25, -0.2) is 0 Å². The molecular formula is C16H18BF4IOS. The summed E-state index contributed by atoms with van der Waals surface area (Å²) < 4.78 is 47.4. The van der Waals surface area contributed by atoms with E-state index in [0.29, 0.717) is 0 Å². The molecule has 0 bridgehead atoms. The molecule has 24 heavy (non-hydrogen) atoms. The first-order valence-electron chi connectivity index (χ1n) is 7.27. The van der Waals surface area contributed by atoms with Gasteiger partial charge in [0.2, 0.25) is 3.57 Å². The summed E-state index contributed by atoms with van der Waals surface area (Å²) >= 11 is 1.83. The smallest absolute Gasteiger partial charge is 0.418 e. The van der Waals surface area contributed by atoms with Crippen molar-refractivity contribution >= 4 is 19.0 Å². The molecule has 0 unspecified atom stereocenters. The van der Waals surface area contributed by atoms with Crippen LogP contribution in [0, 0.1) is 7.14 Å². The van der Waals surface area contributed by atoms with E-state index in [-0.39, 0.29) is 21.2 Å². The monoisotopic (exact) mass is 472 g/mol. The molecule has 2 aromatic rings. The molecule has 0 heterocycles. The van der Waals surface area contributed by atoms with E-state index in [0.717, 1.165) is 19.0 Å². The summed E-state index contributed by atoms with van der Waals surface area (Å²) in [5, 5.41) is 0. The highest BCUT2D eigenvalue weighted by Crippen LogP contribution is 2.16. The minimum absolute atomic E-state index is 0.0807. The van der Waals surface area contributed by atoms with E-state index in [1.165, 1.54) is 12.0 Å². The maximum atomic E-state index is 9.75. The Balaban J connectivity index is 0.000000505. The molecule has 132 valence electrons. The summed E-state index contributed by atoms with van der Waals surface area (Å²) in [6, 6.07) is 19.6. The van der Waals surface area contributed by atoms with Gasteiger partial charge in [0, 0.05) is 12.4 Å². The van der Waals surface area contributed by atoms with Crippen molar-refractivity contribution in [3.8, 4) is 0 Å². The summed E-state index contributed by atoms with van der Waals surface area (Å²) in [5.74, 6) is 1.03. The van der Waals surface area contributed by atoms with Crippen molar-refractivity contribution in [1.29, 1.82) is 0 Å². The molecular weight excluding hydrogens is 454 g/mol. The van der Waals surface area contributed by atoms with Crippen molar-refractivity contribution in [3.63, 3.8) is 0 Å². The molecule has 0 radical (unpaired) electrons. The predicted octanol–water partition coefficient (Wildman–Crippen LogP) is 2.24. The van der Waals surface area contributed by atoms with E-state index in [1.54, 1.807) is 0 Å². The Labute approximate surface area is 154 Å². The molecule has 2 aromatic carbocycles. The minimum atomic E-state index is -6.00. The number of thioether (sulfide) groups is 1. The Morgan fingerprint density at radius 1 is 0.958 bits per heavy atom. The lowest BCUT2D eigenvalue weighted by molar-refractivity contribution is -0.601. The first-order valence-corrected chi connectivity index (χ1v) is 10.4. The fraction of sp³-hybridized carbons (Fsp3) is 0.250. The molecule has 0 spiro atoms. The number of halogens is 5. The van der Waals surface area contributed by atoms with Crippen LogP contribution in [0.5, 0.6) is 0 Å². The van der Waals surface area contributed by atoms with Gasteiger partial charge in [-0.15, -0.1) is 11.8 Å². The summed E-state index contributed by atoms with van der Waals surface area (Å²) in [4.78, 5) is 1.42. The van der Waals surface area contributed by atoms with Crippen LogP contribution in [0.1, 0.15) is 6.92 Å². The lowest BCUT2D eigenvalue weighted by Crippen LogP contribution is -3.61. The highest BCUT2D eigenvalue weighted by Gasteiger charge is 2.20. The van der Waals surface area contributed by atoms with E-state index < -0.39 is 7.25 Å². The van der Waals surface area contributed by atoms with E-state index in [9.17, 15) is 17.3 Å². The lowest BCUT2D eigenvalue weighted by atomic mass is 10.3. The van der Waals surface area contributed by atoms with E-state index >= 15 is 0 Å². The predicted molar refractivity (Wildman–Crippen MR) is 87.7 cm³/mol. The van der Waals surface area contributed by atoms with Gasteiger partial charge in [0.15, 0.2) is 3.57 Å². The zero-order valence-electron chi connectivity index (χ0n) is 13.1. The van der Waals surface area contributed by atoms with Crippen molar-refractivity contribution in [3.05, 3.63) is 61.7 Å². The Bertz CT molecular complexity index is 578. The second-order valence-corrected chi connectivity index (χ2v) is 8.44. The van der Waals surface area contributed by atoms with Gasteiger partial charge in [-0.1, -0.05) is 30.3 Å². The van der Waals surface area contributed by atoms with Crippen molar-refractivity contribution in [1.82, 2.24) is 0 Å². The zero-order valence-corrected chi connectivity index (χ0v) is 16.1. The summed E-state index contributed by atoms with van der Waals surface area (Å²) in [6.07, 6.45) is 0. The fourth-order valence-electron chi connectivity index (χ4n) is 1.59. The highest BCUT2D eigenvalue weighted by molar-refractivity contribution is 7.99. The van der Waals surface area contributed by atoms with Gasteiger partial charge < -0.3 is 22.0 Å². The van der Waals surface area contributed by atoms with Crippen LogP contribution in [-0.2, 0) is 4.74 Å². The lowest BCUT2D eigenvalue weighted by Gasteiger charge is -2.02. The molecule has 0 amide bonds. The van der Waals surface area contributed by atoms with Gasteiger partial charge in [-0.05, 0) is 31.2 Å². The molecule has 0 aliphatic heterocycles. The van der Waals surface area contributed by atoms with Crippen LogP contribution < -0.4 is 21.2 Å². The van der Waals surface area contributed by atoms with Crippen molar-refractivity contribution < 1.29 is 43.2 Å². The number of ether oxygens (including phenoxy) is 1. The van der Waals surface area contributed by atoms with Gasteiger partial charge in [0.1, 0.15) is 0 Å². The van der Waals surface area contributed by atoms with Crippen LogP contribution in [0.2, 0.25) is 0 Å². The Kier molecular flexibility index (Phi) is 10.4. The number of hydrogen-bond donors (Lipinski definition) is 0. The Morgan fingerprint density at radius 3 is 2.17 bits per heavy atom. The van der Waals surface area contributed by atoms with Gasteiger partial charge in [0.05, 0.1) is 11.5 Å². The van der Waals surface area contributed by atoms with Crippen molar-refractivity contribution in [2.45, 2.75) is 11.8 Å². The quantitative estimate of drug-likeness (QED) is 0.201. The number of hydrogen-bond acceptors (Lipinski definition) is 2. The summed E-state index contributed by atoms with van der Waals surface area (Å²) in [5.41, 5.74) is 0. The molecule has 1 nitrogen and oxygen atoms in total. The van der Waals surface area contributed by atoms with Crippen LogP contribution in [0.3, 0.4) is 0 Å². The standard InChI is InChI=1S/C16H18IOS.BF4/c1-2-18-12-13-19-16-11-7-6-10-15(16)17-14-8-4-3-5-9-14;2-1(3,4)5/h3-11H,2,12-13H2,1H3;/q+1;-1. The van der Waals surface area contributed by atoms with Crippen molar-refractivity contribution in [2.24, 2.45) is 0 Å². The minimum Gasteiger partial charge on any atom is -0.418 e. The van der Waals surface area contributed by atoms with Gasteiger partial charge in [-0.3, -0.25) is 0 Å². The molecule has 0 fully saturated rings. The van der Waals surface area contributed by atoms with Gasteiger partial charge >= 0.3 is 28.5 Å². The van der Waals surface area contributed by atoms with E-state index in [1.807, 2.05) is 18.7 Å². The first-order chi connectivity index (χ1) is 11.4. The maximum Gasteiger partial charge on any atom is 0.673 e. The maximum absolute atomic E-state index is 9.75. The Morgan fingerprint density at radius 2 is 1.54 bits per heavy atom. The zero-order chi connectivity index (χ0) is 17.8. The molecule has 0 atom stereocenters. The molecule has 0 N–H and O–H groups in total. The van der Waals surface area contributed by atoms with Crippen LogP contribution in [-0.4, -0.2) is 26.2 Å². The third kappa shape index (κ3) is 10.9. The van der Waals surface area contributed by atoms with Crippen LogP contribution >= 0.6 is 11.8 Å². The Hall–Kier alpha value is -0.735. The van der Waals surface area contributed by atoms with Gasteiger partial charge in [-0.2, -0.15) is 0 Å². The second kappa shape index (κ2) is 11.8. The van der Waals surface area contributed by atoms with Crippen molar-refractivity contribution in [2.75, 3.05) is 19.0 Å². The molecule has 8 heteroatoms. The summed E-state index contributed by atoms with van der Waals surface area (Å²) in [6.45, 7) is 3.68. The second-order valence-electron chi connectivity index (χ2n) is 4.36. The topological polar surface area (TPSA) is 9.23 Å². The molecule has 0 aliphatic carbocycles. The summed E-state index contributed by atoms with van der Waals surface area (Å²) in [7, 11) is -6.00. The molecule has 0 aliphatic rings. The fourth-order valence-corrected chi connectivity index (χ4v) is 5.40. The SMILES string of the molecule is CCOCCSc1ccccc1[I+]c1ccccc1.F[B-](F)(F)F. The highest BCUT2D eigenvalue weighted by atomic mass is 127. The third-order valence-electron chi connectivity index (χ3n) is 2.47. The number of rotatable bonds is 7. The molecule has 0 aromatic heterocycles.